The molecule has 0 radical (unpaired) electrons. The number of rotatable bonds is 0. The average molecular weight is 326 g/mol. The van der Waals surface area contributed by atoms with Crippen LogP contribution in [0.4, 0.5) is 0 Å². The molecule has 3 N–H and O–H groups in total. The summed E-state index contributed by atoms with van der Waals surface area (Å²) in [5.41, 5.74) is 0. The summed E-state index contributed by atoms with van der Waals surface area (Å²) in [5.74, 6) is -0.363. The molecule has 78 valence electrons. The van der Waals surface area contributed by atoms with Crippen LogP contribution >= 0.6 is 58.0 Å². The summed E-state index contributed by atoms with van der Waals surface area (Å²) in [7, 11) is 0. The zero-order chi connectivity index (χ0) is 9.46. The van der Waals surface area contributed by atoms with Gasteiger partial charge in [0, 0.05) is 0 Å². The number of hydrogen-bond acceptors (Lipinski definition) is 1. The molecule has 0 saturated carbocycles. The summed E-state index contributed by atoms with van der Waals surface area (Å²) >= 11 is 27.9. The van der Waals surface area contributed by atoms with Gasteiger partial charge in [0.1, 0.15) is 10.0 Å². The standard InChI is InChI=1S/C6HCl5O.Ca.H2O.2H/c7-1-2(8)4(10)6(12)5(11)3(1)9;;;;/h12H;;1H2;;. The third-order valence-electron chi connectivity index (χ3n) is 1.19. The molecule has 0 heterocycles. The molecule has 0 aliphatic rings. The minimum atomic E-state index is -0.363. The van der Waals surface area contributed by atoms with Crippen molar-refractivity contribution in [2.75, 3.05) is 0 Å². The molecule has 1 rings (SSSR count). The van der Waals surface area contributed by atoms with Gasteiger partial charge >= 0.3 is 37.7 Å². The van der Waals surface area contributed by atoms with E-state index in [1.165, 1.54) is 0 Å². The van der Waals surface area contributed by atoms with Gasteiger partial charge in [0.15, 0.2) is 5.75 Å². The van der Waals surface area contributed by atoms with E-state index >= 15 is 0 Å². The van der Waals surface area contributed by atoms with Gasteiger partial charge in [-0.05, 0) is 0 Å². The Balaban J connectivity index is 0. The van der Waals surface area contributed by atoms with E-state index in [2.05, 4.69) is 0 Å². The van der Waals surface area contributed by atoms with Crippen molar-refractivity contribution in [3.05, 3.63) is 25.1 Å². The van der Waals surface area contributed by atoms with Crippen LogP contribution in [-0.4, -0.2) is 48.3 Å². The zero-order valence-electron chi connectivity index (χ0n) is 5.84. The molecule has 1 aromatic rings. The number of aromatic hydroxyl groups is 1. The Hall–Kier alpha value is 1.69. The van der Waals surface area contributed by atoms with Crippen LogP contribution in [0.15, 0.2) is 0 Å². The molecule has 0 amide bonds. The van der Waals surface area contributed by atoms with Gasteiger partial charge < -0.3 is 10.6 Å². The van der Waals surface area contributed by atoms with E-state index in [1.807, 2.05) is 0 Å². The molecule has 14 heavy (non-hydrogen) atoms. The normalized spacial score (nSPS) is 8.93. The van der Waals surface area contributed by atoms with E-state index in [-0.39, 0.29) is 74.1 Å². The predicted octanol–water partition coefficient (Wildman–Crippen LogP) is 2.92. The van der Waals surface area contributed by atoms with Gasteiger partial charge in [-0.25, -0.2) is 0 Å². The second-order valence-corrected chi connectivity index (χ2v) is 3.81. The molecule has 0 aromatic heterocycles. The van der Waals surface area contributed by atoms with Gasteiger partial charge in [-0.1, -0.05) is 58.0 Å². The van der Waals surface area contributed by atoms with Crippen molar-refractivity contribution in [3.8, 4) is 5.75 Å². The fraction of sp³-hybridized carbons (Fsp3) is 0. The van der Waals surface area contributed by atoms with E-state index in [4.69, 9.17) is 58.0 Å². The monoisotopic (exact) mass is 324 g/mol. The van der Waals surface area contributed by atoms with Gasteiger partial charge in [-0.3, -0.25) is 0 Å². The Labute approximate surface area is 135 Å². The average Bonchev–Trinajstić information content (AvgIpc) is 2.08. The maximum atomic E-state index is 9.20. The van der Waals surface area contributed by atoms with Gasteiger partial charge in [-0.15, -0.1) is 0 Å². The van der Waals surface area contributed by atoms with Crippen molar-refractivity contribution in [1.82, 2.24) is 0 Å². The second-order valence-electron chi connectivity index (χ2n) is 1.92. The number of halogens is 5. The Kier molecular flexibility index (Phi) is 9.16. The van der Waals surface area contributed by atoms with Crippen LogP contribution in [0.3, 0.4) is 0 Å². The number of phenols is 1. The summed E-state index contributed by atoms with van der Waals surface area (Å²) in [6.45, 7) is 0. The molecule has 1 aromatic carbocycles. The third kappa shape index (κ3) is 3.34. The van der Waals surface area contributed by atoms with Crippen LogP contribution < -0.4 is 0 Å². The van der Waals surface area contributed by atoms with Crippen molar-refractivity contribution in [2.24, 2.45) is 0 Å². The van der Waals surface area contributed by atoms with Crippen LogP contribution in [0.25, 0.3) is 0 Å². The van der Waals surface area contributed by atoms with Crippen LogP contribution in [0.5, 0.6) is 5.75 Å². The van der Waals surface area contributed by atoms with E-state index in [1.54, 1.807) is 0 Å². The molecule has 8 heteroatoms. The van der Waals surface area contributed by atoms with Gasteiger partial charge in [0.05, 0.1) is 15.1 Å². The molecule has 0 aliphatic heterocycles. The van der Waals surface area contributed by atoms with Crippen molar-refractivity contribution in [1.29, 1.82) is 0 Å². The first-order chi connectivity index (χ1) is 5.46. The molecule has 0 saturated heterocycles. The summed E-state index contributed by atoms with van der Waals surface area (Å²) in [4.78, 5) is 0. The number of benzene rings is 1. The van der Waals surface area contributed by atoms with Crippen molar-refractivity contribution in [3.63, 3.8) is 0 Å². The van der Waals surface area contributed by atoms with E-state index in [0.717, 1.165) is 0 Å². The predicted molar refractivity (Wildman–Crippen MR) is 65.3 cm³/mol. The van der Waals surface area contributed by atoms with Crippen molar-refractivity contribution in [2.45, 2.75) is 0 Å². The molecule has 0 unspecified atom stereocenters. The first-order valence-corrected chi connectivity index (χ1v) is 4.56. The van der Waals surface area contributed by atoms with E-state index in [0.29, 0.717) is 0 Å². The maximum absolute atomic E-state index is 9.20. The van der Waals surface area contributed by atoms with Crippen LogP contribution in [0, 0.1) is 0 Å². The van der Waals surface area contributed by atoms with Gasteiger partial charge in [-0.2, -0.15) is 0 Å². The molecule has 0 spiro atoms. The fourth-order valence-corrected chi connectivity index (χ4v) is 1.72. The van der Waals surface area contributed by atoms with Crippen LogP contribution in [-0.2, 0) is 0 Å². The Bertz CT molecular complexity index is 238. The van der Waals surface area contributed by atoms with Gasteiger partial charge in [0.25, 0.3) is 0 Å². The minimum absolute atomic E-state index is 0. The summed E-state index contributed by atoms with van der Waals surface area (Å²) in [5, 5.41) is 9.01. The summed E-state index contributed by atoms with van der Waals surface area (Å²) in [6, 6.07) is 0. The first kappa shape index (κ1) is 18.1. The summed E-state index contributed by atoms with van der Waals surface area (Å²) < 4.78 is 0. The molecule has 0 fully saturated rings. The second kappa shape index (κ2) is 7.10. The Morgan fingerprint density at radius 3 is 1.14 bits per heavy atom. The SMILES string of the molecule is O.Oc1c(Cl)c(Cl)c(Cl)c(Cl)c1Cl.[CaH2]. The zero-order valence-corrected chi connectivity index (χ0v) is 9.62. The first-order valence-electron chi connectivity index (χ1n) is 2.67. The Morgan fingerprint density at radius 1 is 0.643 bits per heavy atom. The molecule has 0 atom stereocenters. The third-order valence-corrected chi connectivity index (χ3v) is 3.44. The molecular weight excluding hydrogens is 321 g/mol. The summed E-state index contributed by atoms with van der Waals surface area (Å²) in [6.07, 6.45) is 0. The number of hydrogen-bond donors (Lipinski definition) is 1. The molecule has 0 bridgehead atoms. The fourth-order valence-electron chi connectivity index (χ4n) is 0.593. The number of phenolic OH excluding ortho intramolecular Hbond substituents is 1. The Morgan fingerprint density at radius 2 is 0.857 bits per heavy atom. The van der Waals surface area contributed by atoms with E-state index < -0.39 is 0 Å². The van der Waals surface area contributed by atoms with Crippen LogP contribution in [0.1, 0.15) is 0 Å². The molecular formula is C6H5CaCl5O2. The molecule has 2 nitrogen and oxygen atoms in total. The van der Waals surface area contributed by atoms with Crippen molar-refractivity contribution < 1.29 is 10.6 Å². The topological polar surface area (TPSA) is 51.7 Å². The van der Waals surface area contributed by atoms with Gasteiger partial charge in [0.2, 0.25) is 0 Å². The molecule has 0 aliphatic carbocycles. The quantitative estimate of drug-likeness (QED) is 0.445. The van der Waals surface area contributed by atoms with Crippen LogP contribution in [0.2, 0.25) is 25.1 Å². The van der Waals surface area contributed by atoms with Crippen molar-refractivity contribution >= 4 is 95.7 Å². The van der Waals surface area contributed by atoms with E-state index in [9.17, 15) is 5.11 Å².